The third-order valence-electron chi connectivity index (χ3n) is 5.08. The van der Waals surface area contributed by atoms with Gasteiger partial charge in [0.15, 0.2) is 11.8 Å². The molecule has 1 aromatic heterocycles. The lowest BCUT2D eigenvalue weighted by molar-refractivity contribution is 0.409. The zero-order valence-electron chi connectivity index (χ0n) is 16.5. The molecule has 0 bridgehead atoms. The smallest absolute Gasteiger partial charge is 0.192 e. The highest BCUT2D eigenvalue weighted by atomic mass is 127. The van der Waals surface area contributed by atoms with Crippen LogP contribution in [0.15, 0.2) is 29.3 Å². The van der Waals surface area contributed by atoms with Crippen LogP contribution in [0, 0.1) is 13.8 Å². The summed E-state index contributed by atoms with van der Waals surface area (Å²) >= 11 is 0. The first kappa shape index (κ1) is 21.7. The number of aromatic nitrogens is 3. The van der Waals surface area contributed by atoms with Crippen molar-refractivity contribution in [3.63, 3.8) is 0 Å². The summed E-state index contributed by atoms with van der Waals surface area (Å²) in [5, 5.41) is 15.4. The van der Waals surface area contributed by atoms with Gasteiger partial charge in [-0.25, -0.2) is 4.99 Å². The van der Waals surface area contributed by atoms with Crippen LogP contribution in [0.4, 0.5) is 0 Å². The number of nitrogens with one attached hydrogen (secondary N) is 2. The second-order valence-corrected chi connectivity index (χ2v) is 7.21. The minimum Gasteiger partial charge on any atom is -0.354 e. The van der Waals surface area contributed by atoms with E-state index in [4.69, 9.17) is 4.99 Å². The summed E-state index contributed by atoms with van der Waals surface area (Å²) in [7, 11) is 1.99. The van der Waals surface area contributed by atoms with Gasteiger partial charge in [-0.3, -0.25) is 0 Å². The summed E-state index contributed by atoms with van der Waals surface area (Å²) in [5.74, 6) is 2.69. The van der Waals surface area contributed by atoms with Crippen LogP contribution >= 0.6 is 24.0 Å². The van der Waals surface area contributed by atoms with E-state index in [1.54, 1.807) is 0 Å². The summed E-state index contributed by atoms with van der Waals surface area (Å²) in [6, 6.07) is 9.06. The number of aryl methyl sites for hydroxylation is 2. The highest BCUT2D eigenvalue weighted by Crippen LogP contribution is 2.17. The van der Waals surface area contributed by atoms with E-state index in [2.05, 4.69) is 52.0 Å². The fraction of sp³-hybridized carbons (Fsp3) is 0.550. The predicted molar refractivity (Wildman–Crippen MR) is 120 cm³/mol. The average Bonchev–Trinajstić information content (AvgIpc) is 2.98. The minimum atomic E-state index is 0. The second kappa shape index (κ2) is 10.6. The molecule has 6 nitrogen and oxygen atoms in total. The maximum absolute atomic E-state index is 4.81. The van der Waals surface area contributed by atoms with Gasteiger partial charge < -0.3 is 15.2 Å². The Morgan fingerprint density at radius 1 is 1.11 bits per heavy atom. The average molecular weight is 482 g/mol. The van der Waals surface area contributed by atoms with E-state index in [1.165, 1.54) is 43.2 Å². The SMILES string of the molecule is Cc1ccc(CN=C(NCc2nnc(C)n2C)NC2CCCCC2)cc1.I. The molecule has 1 aliphatic carbocycles. The van der Waals surface area contributed by atoms with Crippen molar-refractivity contribution in [3.8, 4) is 0 Å². The summed E-state index contributed by atoms with van der Waals surface area (Å²) in [5.41, 5.74) is 2.49. The van der Waals surface area contributed by atoms with Crippen LogP contribution in [-0.2, 0) is 20.1 Å². The van der Waals surface area contributed by atoms with Gasteiger partial charge in [0.05, 0.1) is 13.1 Å². The summed E-state index contributed by atoms with van der Waals surface area (Å²) in [6.45, 7) is 5.35. The summed E-state index contributed by atoms with van der Waals surface area (Å²) < 4.78 is 2.01. The molecular formula is C20H31IN6. The predicted octanol–water partition coefficient (Wildman–Crippen LogP) is 3.62. The first-order chi connectivity index (χ1) is 12.6. The van der Waals surface area contributed by atoms with Crippen LogP contribution in [-0.4, -0.2) is 26.8 Å². The van der Waals surface area contributed by atoms with E-state index < -0.39 is 0 Å². The lowest BCUT2D eigenvalue weighted by atomic mass is 9.96. The fourth-order valence-electron chi connectivity index (χ4n) is 3.22. The Labute approximate surface area is 179 Å². The first-order valence-corrected chi connectivity index (χ1v) is 9.57. The number of rotatable bonds is 5. The zero-order valence-corrected chi connectivity index (χ0v) is 18.9. The number of halogens is 1. The standard InChI is InChI=1S/C20H30N6.HI/c1-15-9-11-17(12-10-15)13-21-20(23-18-7-5-4-6-8-18)22-14-19-25-24-16(2)26(19)3;/h9-12,18H,4-8,13-14H2,1-3H3,(H2,21,22,23);1H. The van der Waals surface area contributed by atoms with Crippen molar-refractivity contribution >= 4 is 29.9 Å². The Balaban J connectivity index is 0.00000261. The molecule has 0 spiro atoms. The van der Waals surface area contributed by atoms with Crippen LogP contribution in [0.25, 0.3) is 0 Å². The lowest BCUT2D eigenvalue weighted by Crippen LogP contribution is -2.44. The maximum Gasteiger partial charge on any atom is 0.192 e. The zero-order chi connectivity index (χ0) is 18.4. The third kappa shape index (κ3) is 6.48. The molecule has 148 valence electrons. The number of benzene rings is 1. The highest BCUT2D eigenvalue weighted by Gasteiger charge is 2.15. The maximum atomic E-state index is 4.81. The molecule has 1 saturated carbocycles. The number of aliphatic imine (C=N–C) groups is 1. The van der Waals surface area contributed by atoms with Gasteiger partial charge in [-0.2, -0.15) is 0 Å². The van der Waals surface area contributed by atoms with E-state index in [0.717, 1.165) is 17.6 Å². The van der Waals surface area contributed by atoms with Gasteiger partial charge in [-0.05, 0) is 32.3 Å². The molecule has 3 rings (SSSR count). The topological polar surface area (TPSA) is 67.1 Å². The van der Waals surface area contributed by atoms with Gasteiger partial charge in [0.25, 0.3) is 0 Å². The number of hydrogen-bond acceptors (Lipinski definition) is 3. The number of guanidine groups is 1. The quantitative estimate of drug-likeness (QED) is 0.388. The molecule has 27 heavy (non-hydrogen) atoms. The van der Waals surface area contributed by atoms with E-state index >= 15 is 0 Å². The molecule has 1 heterocycles. The van der Waals surface area contributed by atoms with Crippen LogP contribution < -0.4 is 10.6 Å². The Morgan fingerprint density at radius 3 is 2.44 bits per heavy atom. The monoisotopic (exact) mass is 482 g/mol. The lowest BCUT2D eigenvalue weighted by Gasteiger charge is -2.25. The van der Waals surface area contributed by atoms with Crippen molar-refractivity contribution in [2.75, 3.05) is 0 Å². The van der Waals surface area contributed by atoms with Crippen molar-refractivity contribution in [3.05, 3.63) is 47.0 Å². The molecular weight excluding hydrogens is 451 g/mol. The molecule has 1 fully saturated rings. The van der Waals surface area contributed by atoms with Crippen LogP contribution in [0.2, 0.25) is 0 Å². The molecule has 1 aromatic carbocycles. The van der Waals surface area contributed by atoms with Gasteiger partial charge in [0, 0.05) is 13.1 Å². The molecule has 0 unspecified atom stereocenters. The molecule has 0 aliphatic heterocycles. The summed E-state index contributed by atoms with van der Waals surface area (Å²) in [4.78, 5) is 4.81. The van der Waals surface area contributed by atoms with E-state index in [-0.39, 0.29) is 24.0 Å². The minimum absolute atomic E-state index is 0. The van der Waals surface area contributed by atoms with Crippen LogP contribution in [0.1, 0.15) is 54.9 Å². The molecule has 0 amide bonds. The number of nitrogens with zero attached hydrogens (tertiary/aromatic N) is 4. The van der Waals surface area contributed by atoms with Crippen molar-refractivity contribution < 1.29 is 0 Å². The largest absolute Gasteiger partial charge is 0.354 e. The van der Waals surface area contributed by atoms with E-state index in [9.17, 15) is 0 Å². The van der Waals surface area contributed by atoms with Crippen molar-refractivity contribution in [2.45, 2.75) is 65.1 Å². The van der Waals surface area contributed by atoms with Crippen LogP contribution in [0.3, 0.4) is 0 Å². The summed E-state index contributed by atoms with van der Waals surface area (Å²) in [6.07, 6.45) is 6.37. The molecule has 2 N–H and O–H groups in total. The van der Waals surface area contributed by atoms with Gasteiger partial charge in [-0.1, -0.05) is 49.1 Å². The normalized spacial score (nSPS) is 15.3. The van der Waals surface area contributed by atoms with E-state index in [1.807, 2.05) is 18.5 Å². The van der Waals surface area contributed by atoms with Crippen molar-refractivity contribution in [1.82, 2.24) is 25.4 Å². The van der Waals surface area contributed by atoms with Crippen molar-refractivity contribution in [1.29, 1.82) is 0 Å². The molecule has 0 saturated heterocycles. The number of hydrogen-bond donors (Lipinski definition) is 2. The Bertz CT molecular complexity index is 731. The van der Waals surface area contributed by atoms with Crippen LogP contribution in [0.5, 0.6) is 0 Å². The van der Waals surface area contributed by atoms with E-state index in [0.29, 0.717) is 19.1 Å². The van der Waals surface area contributed by atoms with Gasteiger partial charge >= 0.3 is 0 Å². The molecule has 0 radical (unpaired) electrons. The fourth-order valence-corrected chi connectivity index (χ4v) is 3.22. The molecule has 1 aliphatic rings. The Hall–Kier alpha value is -1.64. The van der Waals surface area contributed by atoms with Gasteiger partial charge in [0.1, 0.15) is 5.82 Å². The van der Waals surface area contributed by atoms with Gasteiger partial charge in [-0.15, -0.1) is 34.2 Å². The Kier molecular flexibility index (Phi) is 8.53. The Morgan fingerprint density at radius 2 is 1.81 bits per heavy atom. The second-order valence-electron chi connectivity index (χ2n) is 7.21. The third-order valence-corrected chi connectivity index (χ3v) is 5.08. The highest BCUT2D eigenvalue weighted by molar-refractivity contribution is 14.0. The molecule has 2 aromatic rings. The molecule has 7 heteroatoms. The molecule has 0 atom stereocenters. The first-order valence-electron chi connectivity index (χ1n) is 9.57. The van der Waals surface area contributed by atoms with Crippen molar-refractivity contribution in [2.24, 2.45) is 12.0 Å². The van der Waals surface area contributed by atoms with Gasteiger partial charge in [0.2, 0.25) is 0 Å².